The molecule has 11 heteroatoms. The highest BCUT2D eigenvalue weighted by Gasteiger charge is 2.39. The van der Waals surface area contributed by atoms with E-state index in [1.807, 2.05) is 13.0 Å². The molecule has 0 aliphatic rings. The van der Waals surface area contributed by atoms with Crippen LogP contribution in [0.15, 0.2) is 24.3 Å². The van der Waals surface area contributed by atoms with Gasteiger partial charge in [0.05, 0.1) is 36.5 Å². The molecule has 0 saturated heterocycles. The Hall–Kier alpha value is -3.34. The molecule has 3 aromatic rings. The van der Waals surface area contributed by atoms with E-state index in [4.69, 9.17) is 15.2 Å². The largest absolute Gasteiger partial charge is 0.496 e. The lowest BCUT2D eigenvalue weighted by Crippen LogP contribution is -2.15. The first kappa shape index (κ1) is 21.4. The number of nitrogens with one attached hydrogen (secondary N) is 1. The smallest absolute Gasteiger partial charge is 0.422 e. The van der Waals surface area contributed by atoms with Gasteiger partial charge in [-0.25, -0.2) is 9.67 Å². The molecule has 0 spiro atoms. The molecule has 0 bridgehead atoms. The van der Waals surface area contributed by atoms with Gasteiger partial charge in [-0.3, -0.25) is 0 Å². The van der Waals surface area contributed by atoms with E-state index in [0.29, 0.717) is 12.3 Å². The molecule has 0 amide bonds. The van der Waals surface area contributed by atoms with Gasteiger partial charge in [-0.2, -0.15) is 23.3 Å². The quantitative estimate of drug-likeness (QED) is 0.628. The third kappa shape index (κ3) is 4.01. The van der Waals surface area contributed by atoms with E-state index < -0.39 is 17.6 Å². The number of ether oxygens (including phenoxy) is 2. The van der Waals surface area contributed by atoms with E-state index in [9.17, 15) is 13.2 Å². The fraction of sp³-hybridized carbons (Fsp3) is 0.316. The van der Waals surface area contributed by atoms with Crippen molar-refractivity contribution in [2.45, 2.75) is 19.7 Å². The SMILES string of the molecule is CNc1nc(N)nc(-c2ccc(-n3nc(C)cc3COC)cc2OC)c1C(F)(F)F. The zero-order chi connectivity index (χ0) is 22.1. The Kier molecular flexibility index (Phi) is 5.83. The third-order valence-electron chi connectivity index (χ3n) is 4.33. The van der Waals surface area contributed by atoms with E-state index in [2.05, 4.69) is 20.4 Å². The first-order valence-corrected chi connectivity index (χ1v) is 8.85. The highest BCUT2D eigenvalue weighted by molar-refractivity contribution is 5.76. The van der Waals surface area contributed by atoms with Crippen molar-refractivity contribution in [2.24, 2.45) is 0 Å². The predicted octanol–water partition coefficient (Wildman–Crippen LogP) is 3.44. The van der Waals surface area contributed by atoms with E-state index in [0.717, 1.165) is 11.4 Å². The standard InChI is InChI=1S/C19H21F3N6O2/c1-10-7-12(9-29-3)28(27-10)11-5-6-13(14(8-11)30-4)16-15(19(20,21)22)17(24-2)26-18(23)25-16/h5-8H,9H2,1-4H3,(H3,23,24,25,26). The van der Waals surface area contributed by atoms with Crippen LogP contribution in [0.3, 0.4) is 0 Å². The molecule has 3 rings (SSSR count). The Morgan fingerprint density at radius 2 is 1.90 bits per heavy atom. The van der Waals surface area contributed by atoms with Gasteiger partial charge in [0.1, 0.15) is 17.1 Å². The first-order valence-electron chi connectivity index (χ1n) is 8.85. The lowest BCUT2D eigenvalue weighted by atomic mass is 10.0. The molecule has 0 radical (unpaired) electrons. The van der Waals surface area contributed by atoms with Crippen LogP contribution in [0.2, 0.25) is 0 Å². The molecule has 160 valence electrons. The van der Waals surface area contributed by atoms with Crippen LogP contribution in [0.5, 0.6) is 5.75 Å². The molecule has 3 N–H and O–H groups in total. The van der Waals surface area contributed by atoms with Gasteiger partial charge < -0.3 is 20.5 Å². The average molecular weight is 422 g/mol. The maximum Gasteiger partial charge on any atom is 0.422 e. The second kappa shape index (κ2) is 8.19. The number of rotatable bonds is 6. The highest BCUT2D eigenvalue weighted by Crippen LogP contribution is 2.43. The number of hydrogen-bond acceptors (Lipinski definition) is 7. The number of halogens is 3. The van der Waals surface area contributed by atoms with Crippen LogP contribution in [0, 0.1) is 6.92 Å². The second-order valence-corrected chi connectivity index (χ2v) is 6.41. The summed E-state index contributed by atoms with van der Waals surface area (Å²) in [5.74, 6) is -0.533. The number of aryl methyl sites for hydroxylation is 1. The molecule has 8 nitrogen and oxygen atoms in total. The summed E-state index contributed by atoms with van der Waals surface area (Å²) in [6.07, 6.45) is -4.71. The number of methoxy groups -OCH3 is 2. The highest BCUT2D eigenvalue weighted by atomic mass is 19.4. The van der Waals surface area contributed by atoms with Gasteiger partial charge in [-0.1, -0.05) is 0 Å². The zero-order valence-corrected chi connectivity index (χ0v) is 16.8. The Bertz CT molecular complexity index is 1070. The molecule has 0 aliphatic carbocycles. The number of hydrogen-bond donors (Lipinski definition) is 2. The number of benzene rings is 1. The third-order valence-corrected chi connectivity index (χ3v) is 4.33. The fourth-order valence-corrected chi connectivity index (χ4v) is 3.16. The molecule has 2 heterocycles. The van der Waals surface area contributed by atoms with Crippen molar-refractivity contribution in [2.75, 3.05) is 32.3 Å². The Morgan fingerprint density at radius 1 is 1.17 bits per heavy atom. The molecular weight excluding hydrogens is 401 g/mol. The number of nitrogens with two attached hydrogens (primary N) is 1. The monoisotopic (exact) mass is 422 g/mol. The summed E-state index contributed by atoms with van der Waals surface area (Å²) in [6.45, 7) is 2.15. The number of nitrogen functional groups attached to an aromatic ring is 1. The minimum atomic E-state index is -4.71. The lowest BCUT2D eigenvalue weighted by Gasteiger charge is -2.18. The first-order chi connectivity index (χ1) is 14.2. The molecule has 2 aromatic heterocycles. The van der Waals surface area contributed by atoms with Crippen LogP contribution in [-0.2, 0) is 17.5 Å². The van der Waals surface area contributed by atoms with Crippen LogP contribution in [0.25, 0.3) is 16.9 Å². The van der Waals surface area contributed by atoms with Gasteiger partial charge >= 0.3 is 6.18 Å². The Balaban J connectivity index is 2.22. The van der Waals surface area contributed by atoms with Crippen LogP contribution >= 0.6 is 0 Å². The molecule has 1 aromatic carbocycles. The maximum absolute atomic E-state index is 13.8. The van der Waals surface area contributed by atoms with Crippen molar-refractivity contribution in [1.29, 1.82) is 0 Å². The van der Waals surface area contributed by atoms with Gasteiger partial charge in [0, 0.05) is 25.8 Å². The molecule has 0 aliphatic heterocycles. The molecule has 0 unspecified atom stereocenters. The van der Waals surface area contributed by atoms with Crippen molar-refractivity contribution in [3.05, 3.63) is 41.2 Å². The fourth-order valence-electron chi connectivity index (χ4n) is 3.16. The maximum atomic E-state index is 13.8. The van der Waals surface area contributed by atoms with Gasteiger partial charge in [-0.05, 0) is 25.1 Å². The molecular formula is C19H21F3N6O2. The van der Waals surface area contributed by atoms with E-state index in [1.54, 1.807) is 23.9 Å². The van der Waals surface area contributed by atoms with Crippen molar-refractivity contribution >= 4 is 11.8 Å². The summed E-state index contributed by atoms with van der Waals surface area (Å²) in [4.78, 5) is 7.53. The van der Waals surface area contributed by atoms with Gasteiger partial charge in [-0.15, -0.1) is 0 Å². The van der Waals surface area contributed by atoms with Crippen LogP contribution in [0.4, 0.5) is 24.9 Å². The zero-order valence-electron chi connectivity index (χ0n) is 16.8. The average Bonchev–Trinajstić information content (AvgIpc) is 3.06. The van der Waals surface area contributed by atoms with Crippen LogP contribution in [-0.4, -0.2) is 41.0 Å². The molecule has 30 heavy (non-hydrogen) atoms. The van der Waals surface area contributed by atoms with Gasteiger partial charge in [0.15, 0.2) is 0 Å². The number of anilines is 2. The van der Waals surface area contributed by atoms with Crippen molar-refractivity contribution in [3.63, 3.8) is 0 Å². The summed E-state index contributed by atoms with van der Waals surface area (Å²) in [5.41, 5.74) is 6.52. The van der Waals surface area contributed by atoms with Gasteiger partial charge in [0.2, 0.25) is 5.95 Å². The van der Waals surface area contributed by atoms with E-state index >= 15 is 0 Å². The van der Waals surface area contributed by atoms with Crippen LogP contribution < -0.4 is 15.8 Å². The number of nitrogens with zero attached hydrogens (tertiary/aromatic N) is 4. The van der Waals surface area contributed by atoms with Crippen molar-refractivity contribution in [1.82, 2.24) is 19.7 Å². The van der Waals surface area contributed by atoms with E-state index in [-0.39, 0.29) is 23.0 Å². The Labute approximate surface area is 170 Å². The second-order valence-electron chi connectivity index (χ2n) is 6.41. The normalized spacial score (nSPS) is 11.6. The summed E-state index contributed by atoms with van der Waals surface area (Å²) in [6, 6.07) is 6.55. The Morgan fingerprint density at radius 3 is 2.50 bits per heavy atom. The summed E-state index contributed by atoms with van der Waals surface area (Å²) in [7, 11) is 4.26. The summed E-state index contributed by atoms with van der Waals surface area (Å²) in [5, 5.41) is 6.85. The molecule has 0 saturated carbocycles. The molecule has 0 fully saturated rings. The van der Waals surface area contributed by atoms with Crippen molar-refractivity contribution < 1.29 is 22.6 Å². The minimum Gasteiger partial charge on any atom is -0.496 e. The summed E-state index contributed by atoms with van der Waals surface area (Å²) < 4.78 is 53.6. The number of alkyl halides is 3. The predicted molar refractivity (Wildman–Crippen MR) is 106 cm³/mol. The minimum absolute atomic E-state index is 0.122. The van der Waals surface area contributed by atoms with Crippen LogP contribution in [0.1, 0.15) is 17.0 Å². The summed E-state index contributed by atoms with van der Waals surface area (Å²) >= 11 is 0. The lowest BCUT2D eigenvalue weighted by molar-refractivity contribution is -0.136. The van der Waals surface area contributed by atoms with E-state index in [1.165, 1.54) is 20.2 Å². The topological polar surface area (TPSA) is 100 Å². The van der Waals surface area contributed by atoms with Crippen molar-refractivity contribution in [3.8, 4) is 22.7 Å². The van der Waals surface area contributed by atoms with Gasteiger partial charge in [0.25, 0.3) is 0 Å². The number of aromatic nitrogens is 4. The molecule has 0 atom stereocenters.